The number of ether oxygens (including phenoxy) is 1. The lowest BCUT2D eigenvalue weighted by Gasteiger charge is -2.16. The largest absolute Gasteiger partial charge is 0.380 e. The van der Waals surface area contributed by atoms with Crippen molar-refractivity contribution in [2.24, 2.45) is 0 Å². The molecule has 1 atom stereocenters. The third kappa shape index (κ3) is 3.94. The summed E-state index contributed by atoms with van der Waals surface area (Å²) in [7, 11) is 0. The first-order chi connectivity index (χ1) is 7.81. The van der Waals surface area contributed by atoms with E-state index >= 15 is 0 Å². The van der Waals surface area contributed by atoms with Gasteiger partial charge in [-0.2, -0.15) is 5.10 Å². The Labute approximate surface area is 98.0 Å². The molecule has 0 bridgehead atoms. The van der Waals surface area contributed by atoms with E-state index in [-0.39, 0.29) is 6.04 Å². The zero-order valence-electron chi connectivity index (χ0n) is 10.6. The van der Waals surface area contributed by atoms with Gasteiger partial charge in [-0.15, -0.1) is 0 Å². The molecule has 0 aliphatic carbocycles. The third-order valence-corrected chi connectivity index (χ3v) is 2.51. The van der Waals surface area contributed by atoms with Gasteiger partial charge in [-0.05, 0) is 26.8 Å². The zero-order valence-corrected chi connectivity index (χ0v) is 10.6. The van der Waals surface area contributed by atoms with Gasteiger partial charge in [0.05, 0.1) is 18.8 Å². The van der Waals surface area contributed by atoms with Gasteiger partial charge in [0, 0.05) is 24.9 Å². The predicted molar refractivity (Wildman–Crippen MR) is 65.4 cm³/mol. The molecule has 92 valence electrons. The van der Waals surface area contributed by atoms with Gasteiger partial charge in [0.1, 0.15) is 0 Å². The van der Waals surface area contributed by atoms with Gasteiger partial charge in [0.15, 0.2) is 0 Å². The minimum atomic E-state index is 0.264. The summed E-state index contributed by atoms with van der Waals surface area (Å²) in [6, 6.07) is 0.264. The van der Waals surface area contributed by atoms with Gasteiger partial charge < -0.3 is 10.1 Å². The second-order valence-corrected chi connectivity index (χ2v) is 3.80. The average Bonchev–Trinajstić information content (AvgIpc) is 2.78. The van der Waals surface area contributed by atoms with Gasteiger partial charge in [-0.3, -0.25) is 4.68 Å². The van der Waals surface area contributed by atoms with Crippen LogP contribution in [-0.2, 0) is 11.3 Å². The van der Waals surface area contributed by atoms with Crippen LogP contribution in [0.1, 0.15) is 38.8 Å². The first kappa shape index (κ1) is 13.2. The van der Waals surface area contributed by atoms with Crippen molar-refractivity contribution in [1.29, 1.82) is 0 Å². The summed E-state index contributed by atoms with van der Waals surface area (Å²) in [4.78, 5) is 0. The zero-order chi connectivity index (χ0) is 11.8. The van der Waals surface area contributed by atoms with Crippen LogP contribution >= 0.6 is 0 Å². The Morgan fingerprint density at radius 3 is 2.81 bits per heavy atom. The number of hydrogen-bond donors (Lipinski definition) is 1. The molecule has 1 heterocycles. The van der Waals surface area contributed by atoms with E-state index in [0.717, 1.165) is 26.1 Å². The van der Waals surface area contributed by atoms with Crippen LogP contribution in [0.25, 0.3) is 0 Å². The van der Waals surface area contributed by atoms with Gasteiger partial charge in [-0.1, -0.05) is 6.92 Å². The van der Waals surface area contributed by atoms with E-state index in [1.54, 1.807) is 0 Å². The van der Waals surface area contributed by atoms with Gasteiger partial charge in [-0.25, -0.2) is 0 Å². The van der Waals surface area contributed by atoms with E-state index in [1.807, 2.05) is 17.8 Å². The van der Waals surface area contributed by atoms with Gasteiger partial charge in [0.2, 0.25) is 0 Å². The fourth-order valence-electron chi connectivity index (χ4n) is 1.56. The molecule has 0 aromatic carbocycles. The Kier molecular flexibility index (Phi) is 6.11. The molecule has 1 rings (SSSR count). The molecule has 0 radical (unpaired) electrons. The summed E-state index contributed by atoms with van der Waals surface area (Å²) in [6.45, 7) is 9.67. The second kappa shape index (κ2) is 7.41. The molecule has 1 N–H and O–H groups in total. The normalized spacial score (nSPS) is 12.9. The molecule has 0 amide bonds. The first-order valence-corrected chi connectivity index (χ1v) is 6.15. The molecule has 1 aromatic rings. The molecule has 4 nitrogen and oxygen atoms in total. The van der Waals surface area contributed by atoms with E-state index in [9.17, 15) is 0 Å². The molecule has 1 aromatic heterocycles. The van der Waals surface area contributed by atoms with Crippen LogP contribution in [-0.4, -0.2) is 29.5 Å². The lowest BCUT2D eigenvalue weighted by Crippen LogP contribution is -2.26. The van der Waals surface area contributed by atoms with Crippen molar-refractivity contribution < 1.29 is 4.74 Å². The highest BCUT2D eigenvalue weighted by molar-refractivity contribution is 5.10. The van der Waals surface area contributed by atoms with Crippen LogP contribution in [0.15, 0.2) is 12.4 Å². The van der Waals surface area contributed by atoms with Gasteiger partial charge in [0.25, 0.3) is 0 Å². The van der Waals surface area contributed by atoms with Gasteiger partial charge >= 0.3 is 0 Å². The van der Waals surface area contributed by atoms with Crippen molar-refractivity contribution in [2.45, 2.75) is 39.8 Å². The van der Waals surface area contributed by atoms with E-state index in [0.29, 0.717) is 6.61 Å². The van der Waals surface area contributed by atoms with Crippen molar-refractivity contribution in [1.82, 2.24) is 15.1 Å². The maximum atomic E-state index is 5.49. The van der Waals surface area contributed by atoms with Crippen LogP contribution in [0.5, 0.6) is 0 Å². The number of hydrogen-bond acceptors (Lipinski definition) is 3. The molecule has 0 aliphatic rings. The molecule has 1 unspecified atom stereocenters. The van der Waals surface area contributed by atoms with Crippen molar-refractivity contribution in [2.75, 3.05) is 19.8 Å². The summed E-state index contributed by atoms with van der Waals surface area (Å²) in [5, 5.41) is 7.77. The Morgan fingerprint density at radius 1 is 1.44 bits per heavy atom. The summed E-state index contributed by atoms with van der Waals surface area (Å²) in [6.07, 6.45) is 5.15. The Morgan fingerprint density at radius 2 is 2.25 bits per heavy atom. The topological polar surface area (TPSA) is 39.1 Å². The average molecular weight is 225 g/mol. The van der Waals surface area contributed by atoms with Crippen molar-refractivity contribution in [3.05, 3.63) is 18.0 Å². The van der Waals surface area contributed by atoms with Crippen LogP contribution in [0.4, 0.5) is 0 Å². The first-order valence-electron chi connectivity index (χ1n) is 6.15. The lowest BCUT2D eigenvalue weighted by atomic mass is 10.1. The Hall–Kier alpha value is -0.870. The quantitative estimate of drug-likeness (QED) is 0.735. The fourth-order valence-corrected chi connectivity index (χ4v) is 1.56. The van der Waals surface area contributed by atoms with E-state index in [2.05, 4.69) is 30.5 Å². The van der Waals surface area contributed by atoms with Crippen molar-refractivity contribution >= 4 is 0 Å². The van der Waals surface area contributed by atoms with Crippen molar-refractivity contribution in [3.63, 3.8) is 0 Å². The standard InChI is InChI=1S/C12H23N3O/c1-4-7-13-12(10-16-6-3)11-8-14-15(5-2)9-11/h8-9,12-13H,4-7,10H2,1-3H3. The lowest BCUT2D eigenvalue weighted by molar-refractivity contribution is 0.123. The Balaban J connectivity index is 2.58. The molecular formula is C12H23N3O. The third-order valence-electron chi connectivity index (χ3n) is 2.51. The number of aryl methyl sites for hydroxylation is 1. The molecular weight excluding hydrogens is 202 g/mol. The second-order valence-electron chi connectivity index (χ2n) is 3.80. The van der Waals surface area contributed by atoms with Crippen molar-refractivity contribution in [3.8, 4) is 0 Å². The van der Waals surface area contributed by atoms with Crippen LogP contribution in [0.2, 0.25) is 0 Å². The molecule has 4 heteroatoms. The van der Waals surface area contributed by atoms with E-state index < -0.39 is 0 Å². The molecule has 0 saturated carbocycles. The number of aromatic nitrogens is 2. The minimum Gasteiger partial charge on any atom is -0.380 e. The summed E-state index contributed by atoms with van der Waals surface area (Å²) in [5.74, 6) is 0. The van der Waals surface area contributed by atoms with E-state index in [4.69, 9.17) is 4.74 Å². The highest BCUT2D eigenvalue weighted by Crippen LogP contribution is 2.12. The maximum absolute atomic E-state index is 5.49. The molecule has 0 spiro atoms. The predicted octanol–water partition coefficient (Wildman–Crippen LogP) is 1.98. The summed E-state index contributed by atoms with van der Waals surface area (Å²) in [5.41, 5.74) is 1.21. The molecule has 0 saturated heterocycles. The maximum Gasteiger partial charge on any atom is 0.0662 e. The number of rotatable bonds is 8. The van der Waals surface area contributed by atoms with Crippen LogP contribution < -0.4 is 5.32 Å². The highest BCUT2D eigenvalue weighted by atomic mass is 16.5. The fraction of sp³-hybridized carbons (Fsp3) is 0.750. The monoisotopic (exact) mass is 225 g/mol. The summed E-state index contributed by atoms with van der Waals surface area (Å²) < 4.78 is 7.44. The molecule has 0 fully saturated rings. The number of nitrogens with zero attached hydrogens (tertiary/aromatic N) is 2. The number of nitrogens with one attached hydrogen (secondary N) is 1. The molecule has 0 aliphatic heterocycles. The smallest absolute Gasteiger partial charge is 0.0662 e. The van der Waals surface area contributed by atoms with Crippen LogP contribution in [0.3, 0.4) is 0 Å². The Bertz CT molecular complexity index is 278. The van der Waals surface area contributed by atoms with Crippen LogP contribution in [0, 0.1) is 0 Å². The molecule has 16 heavy (non-hydrogen) atoms. The minimum absolute atomic E-state index is 0.264. The summed E-state index contributed by atoms with van der Waals surface area (Å²) >= 11 is 0. The van der Waals surface area contributed by atoms with E-state index in [1.165, 1.54) is 5.56 Å². The SMILES string of the molecule is CCCNC(COCC)c1cnn(CC)c1. The highest BCUT2D eigenvalue weighted by Gasteiger charge is 2.12.